The standard InChI is InChI=1S/C18H24ClFO/c1-2-3-4-5-6-7-8-14-21-17-12-11-16(10-9-13-19)18(20)15-17/h11-12,15H,2-8,13-14H2,1H3. The zero-order valence-corrected chi connectivity index (χ0v) is 13.5. The van der Waals surface area contributed by atoms with Gasteiger partial charge in [0.25, 0.3) is 0 Å². The smallest absolute Gasteiger partial charge is 0.142 e. The quantitative estimate of drug-likeness (QED) is 0.330. The van der Waals surface area contributed by atoms with Gasteiger partial charge in [-0.3, -0.25) is 0 Å². The molecule has 0 saturated carbocycles. The molecule has 1 nitrogen and oxygen atoms in total. The molecule has 0 unspecified atom stereocenters. The summed E-state index contributed by atoms with van der Waals surface area (Å²) in [5.74, 6) is 5.73. The first-order valence-electron chi connectivity index (χ1n) is 7.75. The monoisotopic (exact) mass is 310 g/mol. The first-order valence-corrected chi connectivity index (χ1v) is 8.28. The largest absolute Gasteiger partial charge is 0.493 e. The lowest BCUT2D eigenvalue weighted by Gasteiger charge is -2.07. The van der Waals surface area contributed by atoms with Crippen molar-refractivity contribution in [3.8, 4) is 17.6 Å². The van der Waals surface area contributed by atoms with Crippen molar-refractivity contribution in [2.45, 2.75) is 51.9 Å². The second-order valence-electron chi connectivity index (χ2n) is 5.05. The van der Waals surface area contributed by atoms with E-state index in [0.717, 1.165) is 6.42 Å². The molecular weight excluding hydrogens is 287 g/mol. The Labute approximate surface area is 132 Å². The van der Waals surface area contributed by atoms with E-state index >= 15 is 0 Å². The minimum absolute atomic E-state index is 0.204. The van der Waals surface area contributed by atoms with Gasteiger partial charge in [-0.25, -0.2) is 4.39 Å². The van der Waals surface area contributed by atoms with Crippen molar-refractivity contribution in [2.24, 2.45) is 0 Å². The van der Waals surface area contributed by atoms with Crippen LogP contribution in [0.4, 0.5) is 4.39 Å². The second kappa shape index (κ2) is 11.5. The Morgan fingerprint density at radius 2 is 1.81 bits per heavy atom. The van der Waals surface area contributed by atoms with E-state index in [1.54, 1.807) is 12.1 Å². The van der Waals surface area contributed by atoms with Crippen molar-refractivity contribution >= 4 is 11.6 Å². The van der Waals surface area contributed by atoms with E-state index in [-0.39, 0.29) is 11.7 Å². The number of ether oxygens (including phenoxy) is 1. The van der Waals surface area contributed by atoms with Crippen LogP contribution in [0.15, 0.2) is 18.2 Å². The summed E-state index contributed by atoms with van der Waals surface area (Å²) in [6.45, 7) is 2.86. The molecule has 0 N–H and O–H groups in total. The maximum atomic E-state index is 13.7. The summed E-state index contributed by atoms with van der Waals surface area (Å²) in [5, 5.41) is 0. The van der Waals surface area contributed by atoms with Crippen LogP contribution in [0.2, 0.25) is 0 Å². The Morgan fingerprint density at radius 3 is 2.48 bits per heavy atom. The van der Waals surface area contributed by atoms with Crippen LogP contribution in [0.25, 0.3) is 0 Å². The molecule has 3 heteroatoms. The second-order valence-corrected chi connectivity index (χ2v) is 5.31. The van der Waals surface area contributed by atoms with Crippen LogP contribution in [0.5, 0.6) is 5.75 Å². The van der Waals surface area contributed by atoms with Crippen molar-refractivity contribution < 1.29 is 9.13 Å². The summed E-state index contributed by atoms with van der Waals surface area (Å²) >= 11 is 5.45. The molecule has 0 aliphatic heterocycles. The lowest BCUT2D eigenvalue weighted by atomic mass is 10.1. The van der Waals surface area contributed by atoms with Gasteiger partial charge in [-0.2, -0.15) is 0 Å². The highest BCUT2D eigenvalue weighted by Crippen LogP contribution is 2.16. The van der Waals surface area contributed by atoms with Gasteiger partial charge in [0, 0.05) is 6.07 Å². The molecule has 0 amide bonds. The summed E-state index contributed by atoms with van der Waals surface area (Å²) < 4.78 is 19.3. The van der Waals surface area contributed by atoms with E-state index in [0.29, 0.717) is 17.9 Å². The van der Waals surface area contributed by atoms with E-state index in [9.17, 15) is 4.39 Å². The fourth-order valence-electron chi connectivity index (χ4n) is 2.06. The third-order valence-corrected chi connectivity index (χ3v) is 3.38. The van der Waals surface area contributed by atoms with E-state index in [4.69, 9.17) is 16.3 Å². The van der Waals surface area contributed by atoms with Crippen molar-refractivity contribution in [3.05, 3.63) is 29.6 Å². The van der Waals surface area contributed by atoms with Crippen molar-refractivity contribution in [2.75, 3.05) is 12.5 Å². The van der Waals surface area contributed by atoms with E-state index in [1.165, 1.54) is 44.6 Å². The average molecular weight is 311 g/mol. The minimum Gasteiger partial charge on any atom is -0.493 e. The van der Waals surface area contributed by atoms with E-state index in [1.807, 2.05) is 0 Å². The van der Waals surface area contributed by atoms with E-state index in [2.05, 4.69) is 18.8 Å². The lowest BCUT2D eigenvalue weighted by molar-refractivity contribution is 0.303. The summed E-state index contributed by atoms with van der Waals surface area (Å²) in [6, 6.07) is 4.77. The first kappa shape index (κ1) is 17.9. The highest BCUT2D eigenvalue weighted by molar-refractivity contribution is 6.19. The molecule has 0 aliphatic carbocycles. The Kier molecular flexibility index (Phi) is 9.74. The number of alkyl halides is 1. The van der Waals surface area contributed by atoms with Crippen molar-refractivity contribution in [1.82, 2.24) is 0 Å². The van der Waals surface area contributed by atoms with Crippen molar-refractivity contribution in [3.63, 3.8) is 0 Å². The molecule has 0 fully saturated rings. The van der Waals surface area contributed by atoms with Crippen LogP contribution < -0.4 is 4.74 Å². The van der Waals surface area contributed by atoms with Crippen LogP contribution in [-0.2, 0) is 0 Å². The number of rotatable bonds is 9. The summed E-state index contributed by atoms with van der Waals surface area (Å²) in [4.78, 5) is 0. The summed E-state index contributed by atoms with van der Waals surface area (Å²) in [7, 11) is 0. The predicted molar refractivity (Wildman–Crippen MR) is 87.5 cm³/mol. The fourth-order valence-corrected chi connectivity index (χ4v) is 2.13. The molecule has 0 aliphatic rings. The van der Waals surface area contributed by atoms with Gasteiger partial charge in [0.1, 0.15) is 11.6 Å². The summed E-state index contributed by atoms with van der Waals surface area (Å²) in [6.07, 6.45) is 8.68. The molecule has 1 rings (SSSR count). The molecule has 0 radical (unpaired) electrons. The molecule has 0 bridgehead atoms. The Hall–Kier alpha value is -1.20. The minimum atomic E-state index is -0.357. The van der Waals surface area contributed by atoms with Crippen LogP contribution in [-0.4, -0.2) is 12.5 Å². The molecular formula is C18H24ClFO. The van der Waals surface area contributed by atoms with Gasteiger partial charge in [-0.15, -0.1) is 11.6 Å². The maximum Gasteiger partial charge on any atom is 0.142 e. The predicted octanol–water partition coefficient (Wildman–Crippen LogP) is 5.55. The maximum absolute atomic E-state index is 13.7. The average Bonchev–Trinajstić information content (AvgIpc) is 2.49. The van der Waals surface area contributed by atoms with Gasteiger partial charge in [0.2, 0.25) is 0 Å². The molecule has 21 heavy (non-hydrogen) atoms. The zero-order chi connectivity index (χ0) is 15.3. The number of halogens is 2. The first-order chi connectivity index (χ1) is 10.3. The zero-order valence-electron chi connectivity index (χ0n) is 12.8. The van der Waals surface area contributed by atoms with Gasteiger partial charge in [0.15, 0.2) is 0 Å². The molecule has 0 saturated heterocycles. The third-order valence-electron chi connectivity index (χ3n) is 3.25. The van der Waals surface area contributed by atoms with Gasteiger partial charge in [-0.1, -0.05) is 57.3 Å². The molecule has 1 aromatic rings. The third kappa shape index (κ3) is 7.97. The van der Waals surface area contributed by atoms with E-state index < -0.39 is 0 Å². The normalized spacial score (nSPS) is 10.0. The molecule has 0 atom stereocenters. The van der Waals surface area contributed by atoms with Crippen molar-refractivity contribution in [1.29, 1.82) is 0 Å². The van der Waals surface area contributed by atoms with Gasteiger partial charge < -0.3 is 4.74 Å². The number of unbranched alkanes of at least 4 members (excludes halogenated alkanes) is 6. The lowest BCUT2D eigenvalue weighted by Crippen LogP contribution is -1.98. The van der Waals surface area contributed by atoms with Crippen LogP contribution >= 0.6 is 11.6 Å². The number of hydrogen-bond donors (Lipinski definition) is 0. The summed E-state index contributed by atoms with van der Waals surface area (Å²) in [5.41, 5.74) is 0.360. The highest BCUT2D eigenvalue weighted by atomic mass is 35.5. The molecule has 1 aromatic carbocycles. The van der Waals surface area contributed by atoms with Crippen LogP contribution in [0, 0.1) is 17.7 Å². The highest BCUT2D eigenvalue weighted by Gasteiger charge is 2.02. The topological polar surface area (TPSA) is 9.23 Å². The Morgan fingerprint density at radius 1 is 1.10 bits per heavy atom. The SMILES string of the molecule is CCCCCCCCCOc1ccc(C#CCCl)c(F)c1. The van der Waals surface area contributed by atoms with Gasteiger partial charge in [0.05, 0.1) is 18.1 Å². The van der Waals surface area contributed by atoms with Gasteiger partial charge >= 0.3 is 0 Å². The number of benzene rings is 1. The number of hydrogen-bond acceptors (Lipinski definition) is 1. The van der Waals surface area contributed by atoms with Crippen LogP contribution in [0.3, 0.4) is 0 Å². The molecule has 0 spiro atoms. The molecule has 0 heterocycles. The molecule has 116 valence electrons. The Bertz CT molecular complexity index is 462. The fraction of sp³-hybridized carbons (Fsp3) is 0.556. The Balaban J connectivity index is 2.22. The van der Waals surface area contributed by atoms with Crippen LogP contribution in [0.1, 0.15) is 57.4 Å². The van der Waals surface area contributed by atoms with Gasteiger partial charge in [-0.05, 0) is 18.6 Å². The molecule has 0 aromatic heterocycles.